The predicted molar refractivity (Wildman–Crippen MR) is 115 cm³/mol. The van der Waals surface area contributed by atoms with Gasteiger partial charge in [-0.05, 0) is 49.5 Å². The van der Waals surface area contributed by atoms with Crippen molar-refractivity contribution in [1.29, 1.82) is 0 Å². The van der Waals surface area contributed by atoms with Crippen molar-refractivity contribution in [1.82, 2.24) is 10.6 Å². The maximum atomic E-state index is 13.3. The van der Waals surface area contributed by atoms with Gasteiger partial charge >= 0.3 is 0 Å². The van der Waals surface area contributed by atoms with Gasteiger partial charge in [-0.15, -0.1) is 0 Å². The van der Waals surface area contributed by atoms with E-state index in [1.807, 2.05) is 25.1 Å². The molecule has 0 aliphatic carbocycles. The van der Waals surface area contributed by atoms with Gasteiger partial charge in [0, 0.05) is 11.3 Å². The molecule has 0 aromatic heterocycles. The highest BCUT2D eigenvalue weighted by molar-refractivity contribution is 7.80. The minimum absolute atomic E-state index is 0.288. The molecule has 2 aromatic carbocycles. The van der Waals surface area contributed by atoms with Crippen molar-refractivity contribution in [3.05, 3.63) is 59.3 Å². The highest BCUT2D eigenvalue weighted by Crippen LogP contribution is 2.36. The van der Waals surface area contributed by atoms with Crippen LogP contribution in [-0.4, -0.2) is 32.3 Å². The van der Waals surface area contributed by atoms with Gasteiger partial charge in [0.05, 0.1) is 38.6 Å². The number of methoxy groups -OCH3 is 3. The minimum Gasteiger partial charge on any atom is -0.497 e. The first-order chi connectivity index (χ1) is 14.0. The van der Waals surface area contributed by atoms with E-state index in [0.29, 0.717) is 39.3 Å². The van der Waals surface area contributed by atoms with Gasteiger partial charge in [-0.3, -0.25) is 4.79 Å². The Labute approximate surface area is 175 Å². The number of hydrogen-bond acceptors (Lipinski definition) is 5. The Hall–Kier alpha value is -3.26. The Bertz CT molecular complexity index is 974. The lowest BCUT2D eigenvalue weighted by atomic mass is 9.94. The van der Waals surface area contributed by atoms with Gasteiger partial charge in [-0.25, -0.2) is 0 Å². The lowest BCUT2D eigenvalue weighted by molar-refractivity contribution is -0.113. The number of hydrogen-bond donors (Lipinski definition) is 3. The number of para-hydroxylation sites is 2. The number of benzene rings is 2. The molecule has 29 heavy (non-hydrogen) atoms. The summed E-state index contributed by atoms with van der Waals surface area (Å²) >= 11 is 5.33. The second-order valence-corrected chi connectivity index (χ2v) is 6.74. The van der Waals surface area contributed by atoms with Crippen LogP contribution in [0.5, 0.6) is 17.2 Å². The van der Waals surface area contributed by atoms with Gasteiger partial charge in [0.25, 0.3) is 5.91 Å². The lowest BCUT2D eigenvalue weighted by Crippen LogP contribution is -2.45. The van der Waals surface area contributed by atoms with Crippen molar-refractivity contribution in [3.8, 4) is 17.2 Å². The molecule has 1 aliphatic rings. The van der Waals surface area contributed by atoms with Crippen molar-refractivity contribution in [2.75, 3.05) is 26.6 Å². The zero-order chi connectivity index (χ0) is 21.0. The summed E-state index contributed by atoms with van der Waals surface area (Å²) in [6.07, 6.45) is 0. The zero-order valence-electron chi connectivity index (χ0n) is 16.7. The van der Waals surface area contributed by atoms with Crippen LogP contribution < -0.4 is 30.2 Å². The van der Waals surface area contributed by atoms with Crippen LogP contribution in [0.25, 0.3) is 0 Å². The number of allylic oxidation sites excluding steroid dienone is 1. The van der Waals surface area contributed by atoms with E-state index in [2.05, 4.69) is 16.0 Å². The van der Waals surface area contributed by atoms with Crippen LogP contribution in [0.1, 0.15) is 18.5 Å². The van der Waals surface area contributed by atoms with Crippen LogP contribution in [0, 0.1) is 0 Å². The molecule has 1 amide bonds. The number of carbonyl (C=O) groups is 1. The second-order valence-electron chi connectivity index (χ2n) is 6.33. The Morgan fingerprint density at radius 3 is 2.45 bits per heavy atom. The molecular formula is C21H23N3O4S. The van der Waals surface area contributed by atoms with Crippen molar-refractivity contribution in [3.63, 3.8) is 0 Å². The first-order valence-electron chi connectivity index (χ1n) is 8.93. The summed E-state index contributed by atoms with van der Waals surface area (Å²) in [5.41, 5.74) is 2.44. The summed E-state index contributed by atoms with van der Waals surface area (Å²) in [4.78, 5) is 13.3. The highest BCUT2D eigenvalue weighted by Gasteiger charge is 2.32. The molecule has 1 heterocycles. The van der Waals surface area contributed by atoms with Gasteiger partial charge in [-0.1, -0.05) is 12.1 Å². The summed E-state index contributed by atoms with van der Waals surface area (Å²) in [6.45, 7) is 1.81. The summed E-state index contributed by atoms with van der Waals surface area (Å²) in [5, 5.41) is 9.54. The predicted octanol–water partition coefficient (Wildman–Crippen LogP) is 3.14. The van der Waals surface area contributed by atoms with Crippen molar-refractivity contribution in [2.24, 2.45) is 0 Å². The third kappa shape index (κ3) is 4.27. The fourth-order valence-corrected chi connectivity index (χ4v) is 3.50. The van der Waals surface area contributed by atoms with E-state index in [0.717, 1.165) is 5.56 Å². The smallest absolute Gasteiger partial charge is 0.255 e. The summed E-state index contributed by atoms with van der Waals surface area (Å²) in [7, 11) is 4.72. The molecule has 0 bridgehead atoms. The summed E-state index contributed by atoms with van der Waals surface area (Å²) in [6, 6.07) is 12.1. The Kier molecular flexibility index (Phi) is 6.23. The molecule has 0 saturated heterocycles. The Balaban J connectivity index is 2.04. The quantitative estimate of drug-likeness (QED) is 0.628. The largest absolute Gasteiger partial charge is 0.497 e. The van der Waals surface area contributed by atoms with E-state index >= 15 is 0 Å². The van der Waals surface area contributed by atoms with E-state index < -0.39 is 6.04 Å². The molecule has 2 aromatic rings. The van der Waals surface area contributed by atoms with Crippen molar-refractivity contribution in [2.45, 2.75) is 13.0 Å². The number of nitrogens with one attached hydrogen (secondary N) is 3. The van der Waals surface area contributed by atoms with E-state index in [9.17, 15) is 4.79 Å². The van der Waals surface area contributed by atoms with Crippen LogP contribution in [0.3, 0.4) is 0 Å². The monoisotopic (exact) mass is 413 g/mol. The third-order valence-corrected chi connectivity index (χ3v) is 4.84. The van der Waals surface area contributed by atoms with Gasteiger partial charge < -0.3 is 30.2 Å². The molecule has 3 N–H and O–H groups in total. The Morgan fingerprint density at radius 2 is 1.76 bits per heavy atom. The molecule has 3 rings (SSSR count). The Morgan fingerprint density at radius 1 is 1.03 bits per heavy atom. The molecule has 1 aliphatic heterocycles. The number of rotatable bonds is 6. The number of anilines is 1. The fourth-order valence-electron chi connectivity index (χ4n) is 3.23. The number of thiocarbonyl (C=S) groups is 1. The van der Waals surface area contributed by atoms with E-state index in [4.69, 9.17) is 26.4 Å². The average molecular weight is 413 g/mol. The molecule has 1 atom stereocenters. The first-order valence-corrected chi connectivity index (χ1v) is 9.34. The van der Waals surface area contributed by atoms with E-state index in [1.165, 1.54) is 0 Å². The highest BCUT2D eigenvalue weighted by atomic mass is 32.1. The van der Waals surface area contributed by atoms with Crippen molar-refractivity contribution < 1.29 is 19.0 Å². The molecule has 0 saturated carbocycles. The van der Waals surface area contributed by atoms with Gasteiger partial charge in [-0.2, -0.15) is 0 Å². The molecule has 8 heteroatoms. The SMILES string of the molecule is COc1ccc(OC)c([C@@H]2NC(=S)NC(C)=C2C(=O)Nc2ccccc2OC)c1. The molecule has 152 valence electrons. The minimum atomic E-state index is -0.525. The summed E-state index contributed by atoms with van der Waals surface area (Å²) in [5.74, 6) is 1.55. The van der Waals surface area contributed by atoms with Crippen LogP contribution in [0.15, 0.2) is 53.7 Å². The normalized spacial score (nSPS) is 15.9. The number of ether oxygens (including phenoxy) is 3. The van der Waals surface area contributed by atoms with Crippen LogP contribution >= 0.6 is 12.2 Å². The fraction of sp³-hybridized carbons (Fsp3) is 0.238. The molecule has 0 unspecified atom stereocenters. The molecular weight excluding hydrogens is 390 g/mol. The standard InChI is InChI=1S/C21H23N3O4S/c1-12-18(20(25)23-15-7-5-6-8-17(15)28-4)19(24-21(29)22-12)14-11-13(26-2)9-10-16(14)27-3/h5-11,19H,1-4H3,(H,23,25)(H2,22,24,29)/t19-/m0/s1. The lowest BCUT2D eigenvalue weighted by Gasteiger charge is -2.31. The van der Waals surface area contributed by atoms with E-state index in [1.54, 1.807) is 45.6 Å². The van der Waals surface area contributed by atoms with Crippen LogP contribution in [0.2, 0.25) is 0 Å². The maximum Gasteiger partial charge on any atom is 0.255 e. The molecule has 0 radical (unpaired) electrons. The number of carbonyl (C=O) groups excluding carboxylic acids is 1. The van der Waals surface area contributed by atoms with Crippen LogP contribution in [0.4, 0.5) is 5.69 Å². The molecule has 0 fully saturated rings. The topological polar surface area (TPSA) is 80.9 Å². The van der Waals surface area contributed by atoms with E-state index in [-0.39, 0.29) is 5.91 Å². The molecule has 7 nitrogen and oxygen atoms in total. The molecule has 0 spiro atoms. The second kappa shape index (κ2) is 8.83. The number of amides is 1. The summed E-state index contributed by atoms with van der Waals surface area (Å²) < 4.78 is 16.2. The van der Waals surface area contributed by atoms with Crippen LogP contribution in [-0.2, 0) is 4.79 Å². The average Bonchev–Trinajstić information content (AvgIpc) is 2.72. The van der Waals surface area contributed by atoms with Gasteiger partial charge in [0.1, 0.15) is 17.2 Å². The van der Waals surface area contributed by atoms with Crippen molar-refractivity contribution >= 4 is 28.9 Å². The zero-order valence-corrected chi connectivity index (χ0v) is 17.5. The van der Waals surface area contributed by atoms with Gasteiger partial charge in [0.2, 0.25) is 0 Å². The third-order valence-electron chi connectivity index (χ3n) is 4.62. The van der Waals surface area contributed by atoms with Gasteiger partial charge in [0.15, 0.2) is 5.11 Å². The first kappa shape index (κ1) is 20.5. The maximum absolute atomic E-state index is 13.3.